The van der Waals surface area contributed by atoms with Gasteiger partial charge in [0.2, 0.25) is 11.8 Å². The summed E-state index contributed by atoms with van der Waals surface area (Å²) in [6.07, 6.45) is 8.55. The van der Waals surface area contributed by atoms with Crippen LogP contribution in [0.2, 0.25) is 0 Å². The first-order chi connectivity index (χ1) is 22.6. The number of likely N-dealkylation sites (tertiary alicyclic amines) is 1. The summed E-state index contributed by atoms with van der Waals surface area (Å²) < 4.78 is 12.2. The molecule has 2 aliphatic rings. The number of nitrogens with one attached hydrogen (secondary N) is 1. The number of Topliss-reactive ketones (excluding diaryl/α,β-unsaturated/α-hetero) is 1. The van der Waals surface area contributed by atoms with Crippen LogP contribution in [-0.2, 0) is 16.0 Å². The maximum absolute atomic E-state index is 13.3. The summed E-state index contributed by atoms with van der Waals surface area (Å²) in [5.74, 6) is 2.55. The van der Waals surface area contributed by atoms with Crippen LogP contribution >= 0.6 is 0 Å². The summed E-state index contributed by atoms with van der Waals surface area (Å²) >= 11 is 0. The number of anilines is 1. The van der Waals surface area contributed by atoms with Gasteiger partial charge in [-0.05, 0) is 94.0 Å². The highest BCUT2D eigenvalue weighted by Crippen LogP contribution is 2.39. The molecule has 2 aromatic heterocycles. The van der Waals surface area contributed by atoms with Crippen LogP contribution in [0.1, 0.15) is 70.9 Å². The molecule has 1 amide bonds. The number of aromatic nitrogens is 3. The number of hydrogen-bond acceptors (Lipinski definition) is 8. The van der Waals surface area contributed by atoms with Gasteiger partial charge in [-0.2, -0.15) is 0 Å². The van der Waals surface area contributed by atoms with Gasteiger partial charge in [-0.3, -0.25) is 4.79 Å². The molecule has 9 nitrogen and oxygen atoms in total. The summed E-state index contributed by atoms with van der Waals surface area (Å²) in [5, 5.41) is 5.39. The van der Waals surface area contributed by atoms with Gasteiger partial charge in [0.15, 0.2) is 0 Å². The molecule has 1 aliphatic carbocycles. The van der Waals surface area contributed by atoms with Crippen LogP contribution in [0.5, 0.6) is 11.6 Å². The summed E-state index contributed by atoms with van der Waals surface area (Å²) in [7, 11) is 0. The Bertz CT molecular complexity index is 1770. The predicted octanol–water partition coefficient (Wildman–Crippen LogP) is 8.15. The minimum absolute atomic E-state index is 0.00701. The number of carbonyl (C=O) groups excluding carboxylic acids is 2. The minimum Gasteiger partial charge on any atom is -0.444 e. The Labute approximate surface area is 277 Å². The van der Waals surface area contributed by atoms with Crippen LogP contribution in [0.25, 0.3) is 22.0 Å². The third-order valence-corrected chi connectivity index (χ3v) is 9.25. The van der Waals surface area contributed by atoms with E-state index in [1.807, 2.05) is 64.1 Å². The smallest absolute Gasteiger partial charge is 0.410 e. The normalized spacial score (nSPS) is 19.9. The number of benzene rings is 2. The Hall–Kier alpha value is -4.53. The first-order valence-corrected chi connectivity index (χ1v) is 16.8. The van der Waals surface area contributed by atoms with Crippen molar-refractivity contribution in [3.8, 4) is 22.9 Å². The summed E-state index contributed by atoms with van der Waals surface area (Å²) in [6.45, 7) is 11.0. The monoisotopic (exact) mass is 635 g/mol. The van der Waals surface area contributed by atoms with E-state index in [2.05, 4.69) is 34.3 Å². The molecule has 2 fully saturated rings. The van der Waals surface area contributed by atoms with Gasteiger partial charge in [0.25, 0.3) is 0 Å². The van der Waals surface area contributed by atoms with Gasteiger partial charge < -0.3 is 19.7 Å². The van der Waals surface area contributed by atoms with Gasteiger partial charge >= 0.3 is 6.09 Å². The Morgan fingerprint density at radius 2 is 1.81 bits per heavy atom. The standard InChI is InChI=1S/C38H45N5O4/c1-24-10-6-13-28(24)33(44)22-26-11-7-14-30-29(26)17-16-25(2)34(30)46-35-31(15-8-19-39-35)32-18-20-40-36(42-32)41-27-12-9-21-43(23-27)37(45)47-38(3,4)5/h7-8,11,14-20,24,27-28H,6,9-10,12-13,21-23H2,1-5H3,(H,40,41,42)/t24?,27-,28-/m0/s1. The number of fused-ring (bicyclic) bond motifs is 1. The van der Waals surface area contributed by atoms with E-state index < -0.39 is 5.60 Å². The highest BCUT2D eigenvalue weighted by molar-refractivity contribution is 5.96. The van der Waals surface area contributed by atoms with Crippen LogP contribution in [-0.4, -0.2) is 56.5 Å². The van der Waals surface area contributed by atoms with Crippen molar-refractivity contribution in [1.29, 1.82) is 0 Å². The topological polar surface area (TPSA) is 107 Å². The fourth-order valence-electron chi connectivity index (χ4n) is 6.85. The van der Waals surface area contributed by atoms with Crippen molar-refractivity contribution in [2.75, 3.05) is 18.4 Å². The molecule has 9 heteroatoms. The van der Waals surface area contributed by atoms with Crippen molar-refractivity contribution in [2.24, 2.45) is 11.8 Å². The molecule has 1 unspecified atom stereocenters. The molecule has 47 heavy (non-hydrogen) atoms. The zero-order chi connectivity index (χ0) is 33.1. The van der Waals surface area contributed by atoms with Gasteiger partial charge in [-0.15, -0.1) is 0 Å². The van der Waals surface area contributed by atoms with Crippen molar-refractivity contribution >= 4 is 28.6 Å². The molecule has 6 rings (SSSR count). The second-order valence-electron chi connectivity index (χ2n) is 14.0. The quantitative estimate of drug-likeness (QED) is 0.207. The van der Waals surface area contributed by atoms with Gasteiger partial charge in [0, 0.05) is 49.2 Å². The fourth-order valence-corrected chi connectivity index (χ4v) is 6.85. The van der Waals surface area contributed by atoms with E-state index in [1.54, 1.807) is 17.3 Å². The van der Waals surface area contributed by atoms with Crippen LogP contribution in [0.3, 0.4) is 0 Å². The van der Waals surface area contributed by atoms with Crippen LogP contribution in [0.4, 0.5) is 10.7 Å². The largest absolute Gasteiger partial charge is 0.444 e. The Morgan fingerprint density at radius 1 is 0.957 bits per heavy atom. The maximum Gasteiger partial charge on any atom is 0.410 e. The van der Waals surface area contributed by atoms with Crippen LogP contribution in [0.15, 0.2) is 60.9 Å². The molecule has 1 N–H and O–H groups in total. The van der Waals surface area contributed by atoms with Crippen molar-refractivity contribution < 1.29 is 19.1 Å². The number of rotatable bonds is 8. The zero-order valence-electron chi connectivity index (χ0n) is 28.1. The summed E-state index contributed by atoms with van der Waals surface area (Å²) in [6, 6.07) is 15.9. The molecular weight excluding hydrogens is 590 g/mol. The Balaban J connectivity index is 1.23. The predicted molar refractivity (Wildman–Crippen MR) is 184 cm³/mol. The number of ether oxygens (including phenoxy) is 2. The molecule has 2 aromatic carbocycles. The second-order valence-corrected chi connectivity index (χ2v) is 14.0. The van der Waals surface area contributed by atoms with Crippen molar-refractivity contribution in [3.63, 3.8) is 0 Å². The molecule has 0 bridgehead atoms. The number of nitrogens with zero attached hydrogens (tertiary/aromatic N) is 4. The molecule has 4 aromatic rings. The van der Waals surface area contributed by atoms with E-state index in [0.29, 0.717) is 54.5 Å². The Kier molecular flexibility index (Phi) is 9.43. The average molecular weight is 636 g/mol. The van der Waals surface area contributed by atoms with Crippen LogP contribution in [0, 0.1) is 18.8 Å². The SMILES string of the molecule is Cc1ccc2c(CC(=O)[C@H]3CCCC3C)cccc2c1Oc1ncccc1-c1ccnc(N[C@H]2CCCN(C(=O)OC(C)(C)C)C2)n1. The van der Waals surface area contributed by atoms with Gasteiger partial charge in [-0.25, -0.2) is 19.7 Å². The molecule has 0 radical (unpaired) electrons. The van der Waals surface area contributed by atoms with Crippen LogP contribution < -0.4 is 10.1 Å². The summed E-state index contributed by atoms with van der Waals surface area (Å²) in [4.78, 5) is 41.6. The summed E-state index contributed by atoms with van der Waals surface area (Å²) in [5.41, 5.74) is 2.85. The minimum atomic E-state index is -0.544. The average Bonchev–Trinajstić information content (AvgIpc) is 3.48. The third-order valence-electron chi connectivity index (χ3n) is 9.25. The lowest BCUT2D eigenvalue weighted by Gasteiger charge is -2.34. The molecule has 1 saturated heterocycles. The second kappa shape index (κ2) is 13.7. The van der Waals surface area contributed by atoms with E-state index in [9.17, 15) is 9.59 Å². The van der Waals surface area contributed by atoms with Crippen molar-refractivity contribution in [2.45, 2.75) is 84.8 Å². The maximum atomic E-state index is 13.3. The first-order valence-electron chi connectivity index (χ1n) is 16.8. The number of amides is 1. The third kappa shape index (κ3) is 7.56. The van der Waals surface area contributed by atoms with Gasteiger partial charge in [0.1, 0.15) is 17.1 Å². The molecule has 3 atom stereocenters. The van der Waals surface area contributed by atoms with Gasteiger partial charge in [0.05, 0.1) is 11.3 Å². The fraction of sp³-hybridized carbons (Fsp3) is 0.447. The van der Waals surface area contributed by atoms with E-state index in [1.165, 1.54) is 0 Å². The lowest BCUT2D eigenvalue weighted by atomic mass is 9.88. The highest BCUT2D eigenvalue weighted by atomic mass is 16.6. The number of ketones is 1. The zero-order valence-corrected chi connectivity index (χ0v) is 28.1. The van der Waals surface area contributed by atoms with Gasteiger partial charge in [-0.1, -0.05) is 43.7 Å². The van der Waals surface area contributed by atoms with E-state index in [-0.39, 0.29) is 18.1 Å². The van der Waals surface area contributed by atoms with E-state index in [0.717, 1.165) is 59.6 Å². The molecule has 1 saturated carbocycles. The Morgan fingerprint density at radius 3 is 2.60 bits per heavy atom. The number of piperidine rings is 1. The highest BCUT2D eigenvalue weighted by Gasteiger charge is 2.30. The number of aryl methyl sites for hydroxylation is 1. The molecular formula is C38H45N5O4. The number of carbonyl (C=O) groups is 2. The first kappa shape index (κ1) is 32.4. The van der Waals surface area contributed by atoms with Crippen molar-refractivity contribution in [1.82, 2.24) is 19.9 Å². The molecule has 0 spiro atoms. The van der Waals surface area contributed by atoms with E-state index >= 15 is 0 Å². The van der Waals surface area contributed by atoms with E-state index in [4.69, 9.17) is 14.5 Å². The molecule has 246 valence electrons. The lowest BCUT2D eigenvalue weighted by Crippen LogP contribution is -2.47. The van der Waals surface area contributed by atoms with Crippen molar-refractivity contribution in [3.05, 3.63) is 72.1 Å². The number of pyridine rings is 1. The number of hydrogen-bond donors (Lipinski definition) is 1. The molecule has 1 aliphatic heterocycles. The lowest BCUT2D eigenvalue weighted by molar-refractivity contribution is -0.123. The molecule has 3 heterocycles.